The van der Waals surface area contributed by atoms with Crippen molar-refractivity contribution in [1.29, 1.82) is 5.41 Å². The van der Waals surface area contributed by atoms with E-state index in [2.05, 4.69) is 19.7 Å². The SMILES string of the molecule is CSc1sc(C(=N)N)cc1S(=O)(=NS(=O)(=O)c1cccc(S(C)(=O)=O)c1)c1cccc(Br)c1.O=C(O)C(F)(F)F. The number of aliphatic carboxylic acids is 1. The van der Waals surface area contributed by atoms with Gasteiger partial charge in [-0.3, -0.25) is 5.41 Å². The zero-order valence-electron chi connectivity index (χ0n) is 20.2. The Morgan fingerprint density at radius 2 is 1.55 bits per heavy atom. The largest absolute Gasteiger partial charge is 0.490 e. The number of carbonyl (C=O) groups is 1. The van der Waals surface area contributed by atoms with Gasteiger partial charge in [0.05, 0.1) is 28.7 Å². The van der Waals surface area contributed by atoms with Crippen molar-refractivity contribution in [3.8, 4) is 0 Å². The van der Waals surface area contributed by atoms with Crippen LogP contribution < -0.4 is 5.73 Å². The highest BCUT2D eigenvalue weighted by atomic mass is 79.9. The summed E-state index contributed by atoms with van der Waals surface area (Å²) in [5, 5.41) is 14.9. The van der Waals surface area contributed by atoms with E-state index in [0.717, 1.165) is 23.7 Å². The Hall–Kier alpha value is -2.45. The number of benzene rings is 2. The molecule has 0 aliphatic rings. The minimum Gasteiger partial charge on any atom is -0.475 e. The van der Waals surface area contributed by atoms with Crippen LogP contribution in [0, 0.1) is 5.41 Å². The van der Waals surface area contributed by atoms with Crippen LogP contribution in [0.1, 0.15) is 4.88 Å². The lowest BCUT2D eigenvalue weighted by atomic mass is 10.4. The van der Waals surface area contributed by atoms with Crippen molar-refractivity contribution >= 4 is 80.4 Å². The second kappa shape index (κ2) is 12.6. The summed E-state index contributed by atoms with van der Waals surface area (Å²) in [6.07, 6.45) is -2.40. The molecule has 0 spiro atoms. The van der Waals surface area contributed by atoms with Crippen molar-refractivity contribution in [2.24, 2.45) is 9.50 Å². The summed E-state index contributed by atoms with van der Waals surface area (Å²) in [6, 6.07) is 12.4. The number of nitrogens with zero attached hydrogens (tertiary/aromatic N) is 1. The van der Waals surface area contributed by atoms with E-state index in [1.165, 1.54) is 48.2 Å². The van der Waals surface area contributed by atoms with Crippen LogP contribution >= 0.6 is 39.0 Å². The van der Waals surface area contributed by atoms with E-state index in [1.54, 1.807) is 18.4 Å². The highest BCUT2D eigenvalue weighted by Gasteiger charge is 2.38. The fraction of sp³-hybridized carbons (Fsp3) is 0.143. The highest BCUT2D eigenvalue weighted by molar-refractivity contribution is 9.10. The van der Waals surface area contributed by atoms with E-state index < -0.39 is 46.6 Å². The standard InChI is InChI=1S/C19H18BrN3O5S5.C2HF3O2/c1-29-19-17(11-16(30-19)18(21)22)32(26,14-7-3-5-12(20)9-14)23-33(27,28)15-8-4-6-13(10-15)31(2,24)25;3-2(4,5)1(6)7/h3-11H,1-2H3,(H3,21,22);(H,6,7). The van der Waals surface area contributed by atoms with Gasteiger partial charge in [0.2, 0.25) is 0 Å². The molecule has 0 fully saturated rings. The molecule has 0 saturated carbocycles. The first-order chi connectivity index (χ1) is 18.2. The third-order valence-corrected chi connectivity index (χ3v) is 13.0. The smallest absolute Gasteiger partial charge is 0.475 e. The molecule has 1 heterocycles. The molecule has 1 aromatic heterocycles. The Morgan fingerprint density at radius 3 is 2.02 bits per heavy atom. The Balaban J connectivity index is 0.000000708. The van der Waals surface area contributed by atoms with Gasteiger partial charge in [0.25, 0.3) is 10.0 Å². The number of alkyl halides is 3. The Morgan fingerprint density at radius 1 is 1.02 bits per heavy atom. The number of carboxylic acids is 1. The summed E-state index contributed by atoms with van der Waals surface area (Å²) >= 11 is 5.64. The molecule has 3 aromatic rings. The molecule has 4 N–H and O–H groups in total. The minimum absolute atomic E-state index is 0.117. The lowest BCUT2D eigenvalue weighted by Crippen LogP contribution is -2.21. The van der Waals surface area contributed by atoms with E-state index in [1.807, 2.05) is 0 Å². The quantitative estimate of drug-likeness (QED) is 0.175. The molecule has 0 aliphatic carbocycles. The number of sulfone groups is 1. The molecular weight excluding hydrogens is 703 g/mol. The van der Waals surface area contributed by atoms with E-state index in [4.69, 9.17) is 21.0 Å². The lowest BCUT2D eigenvalue weighted by molar-refractivity contribution is -0.192. The number of hydrogen-bond donors (Lipinski definition) is 3. The van der Waals surface area contributed by atoms with Crippen LogP contribution in [0.15, 0.2) is 86.6 Å². The fourth-order valence-corrected chi connectivity index (χ4v) is 10.6. The predicted octanol–water partition coefficient (Wildman–Crippen LogP) is 4.83. The van der Waals surface area contributed by atoms with Crippen molar-refractivity contribution in [3.63, 3.8) is 0 Å². The molecule has 19 heteroatoms. The van der Waals surface area contributed by atoms with Crippen LogP contribution in [-0.2, 0) is 34.4 Å². The zero-order valence-corrected chi connectivity index (χ0v) is 25.8. The topological polar surface area (TPSA) is 185 Å². The number of halogens is 4. The maximum atomic E-state index is 14.4. The van der Waals surface area contributed by atoms with Crippen LogP contribution in [0.2, 0.25) is 0 Å². The second-order valence-electron chi connectivity index (χ2n) is 7.46. The zero-order chi connectivity index (χ0) is 30.7. The van der Waals surface area contributed by atoms with E-state index in [-0.39, 0.29) is 20.5 Å². The van der Waals surface area contributed by atoms with Crippen LogP contribution in [0.25, 0.3) is 0 Å². The Bertz CT molecular complexity index is 1800. The number of thiophene rings is 1. The molecule has 1 atom stereocenters. The van der Waals surface area contributed by atoms with Gasteiger partial charge in [-0.25, -0.2) is 17.4 Å². The van der Waals surface area contributed by atoms with Crippen LogP contribution in [0.4, 0.5) is 13.2 Å². The first-order valence-electron chi connectivity index (χ1n) is 10.1. The second-order valence-corrected chi connectivity index (χ2v) is 16.5. The Kier molecular flexibility index (Phi) is 10.6. The number of carboxylic acid groups (broad SMARTS) is 1. The molecule has 0 saturated heterocycles. The molecule has 0 aliphatic heterocycles. The minimum atomic E-state index is -5.08. The van der Waals surface area contributed by atoms with Gasteiger partial charge in [0.1, 0.15) is 15.6 Å². The molecule has 0 amide bonds. The fourth-order valence-electron chi connectivity index (χ4n) is 2.72. The number of nitrogens with two attached hydrogens (primary N) is 1. The van der Waals surface area contributed by atoms with Gasteiger partial charge in [0.15, 0.2) is 9.84 Å². The molecule has 1 unspecified atom stereocenters. The maximum absolute atomic E-state index is 14.4. The summed E-state index contributed by atoms with van der Waals surface area (Å²) in [7, 11) is -12.0. The molecule has 2 aromatic carbocycles. The summed E-state index contributed by atoms with van der Waals surface area (Å²) in [5.74, 6) is -3.01. The van der Waals surface area contributed by atoms with Crippen molar-refractivity contribution in [2.45, 2.75) is 30.0 Å². The molecular formula is C21H19BrF3N3O7S5. The number of hydrogen-bond acceptors (Lipinski definition) is 9. The lowest BCUT2D eigenvalue weighted by Gasteiger charge is -2.12. The molecule has 0 bridgehead atoms. The first-order valence-corrected chi connectivity index (χ1v) is 17.8. The third kappa shape index (κ3) is 8.29. The number of amidine groups is 1. The summed E-state index contributed by atoms with van der Waals surface area (Å²) in [5.41, 5.74) is 5.61. The average molecular weight is 723 g/mol. The number of sulfonamides is 1. The summed E-state index contributed by atoms with van der Waals surface area (Å²) in [4.78, 5) is 8.86. The van der Waals surface area contributed by atoms with E-state index in [0.29, 0.717) is 13.6 Å². The van der Waals surface area contributed by atoms with E-state index >= 15 is 0 Å². The molecule has 40 heavy (non-hydrogen) atoms. The van der Waals surface area contributed by atoms with E-state index in [9.17, 15) is 34.2 Å². The van der Waals surface area contributed by atoms with Gasteiger partial charge < -0.3 is 10.8 Å². The molecule has 0 radical (unpaired) electrons. The number of rotatable bonds is 7. The van der Waals surface area contributed by atoms with Crippen LogP contribution in [-0.4, -0.2) is 56.6 Å². The molecule has 3 rings (SSSR count). The number of nitrogens with one attached hydrogen (secondary N) is 1. The van der Waals surface area contributed by atoms with Gasteiger partial charge in [-0.05, 0) is 48.7 Å². The normalized spacial score (nSPS) is 13.4. The van der Waals surface area contributed by atoms with Crippen LogP contribution in [0.5, 0.6) is 0 Å². The Labute approximate surface area is 244 Å². The third-order valence-electron chi connectivity index (χ3n) is 4.51. The number of thioether (sulfide) groups is 1. The van der Waals surface area contributed by atoms with Gasteiger partial charge in [-0.2, -0.15) is 21.6 Å². The average Bonchev–Trinajstić information content (AvgIpc) is 3.29. The summed E-state index contributed by atoms with van der Waals surface area (Å²) in [6.45, 7) is 0. The monoisotopic (exact) mass is 721 g/mol. The highest BCUT2D eigenvalue weighted by Crippen LogP contribution is 2.39. The van der Waals surface area contributed by atoms with Gasteiger partial charge in [-0.15, -0.1) is 23.1 Å². The van der Waals surface area contributed by atoms with Crippen molar-refractivity contribution in [1.82, 2.24) is 0 Å². The van der Waals surface area contributed by atoms with Crippen molar-refractivity contribution in [3.05, 3.63) is 63.9 Å². The van der Waals surface area contributed by atoms with Gasteiger partial charge in [-0.1, -0.05) is 31.8 Å². The number of nitrogen functional groups attached to an aromatic ring is 1. The molecule has 218 valence electrons. The predicted molar refractivity (Wildman–Crippen MR) is 149 cm³/mol. The first kappa shape index (κ1) is 33.8. The van der Waals surface area contributed by atoms with Crippen LogP contribution in [0.3, 0.4) is 0 Å². The van der Waals surface area contributed by atoms with Gasteiger partial charge >= 0.3 is 12.1 Å². The summed E-state index contributed by atoms with van der Waals surface area (Å²) < 4.78 is 101. The maximum Gasteiger partial charge on any atom is 0.490 e. The van der Waals surface area contributed by atoms with Gasteiger partial charge in [0, 0.05) is 10.7 Å². The molecule has 10 nitrogen and oxygen atoms in total. The van der Waals surface area contributed by atoms with Crippen molar-refractivity contribution in [2.75, 3.05) is 12.5 Å². The van der Waals surface area contributed by atoms with Crippen molar-refractivity contribution < 1.29 is 44.1 Å².